The van der Waals surface area contributed by atoms with E-state index in [1.807, 2.05) is 19.3 Å². The molecule has 2 aromatic rings. The second kappa shape index (κ2) is 8.52. The van der Waals surface area contributed by atoms with Gasteiger partial charge in [-0.05, 0) is 91.2 Å². The van der Waals surface area contributed by atoms with E-state index in [0.29, 0.717) is 24.5 Å². The van der Waals surface area contributed by atoms with Gasteiger partial charge in [0.1, 0.15) is 5.78 Å². The highest BCUT2D eigenvalue weighted by Gasteiger charge is 2.35. The number of halogens is 3. The van der Waals surface area contributed by atoms with E-state index in [2.05, 4.69) is 4.98 Å². The predicted molar refractivity (Wildman–Crippen MR) is 111 cm³/mol. The monoisotopic (exact) mass is 415 g/mol. The van der Waals surface area contributed by atoms with Gasteiger partial charge in [-0.1, -0.05) is 13.0 Å². The van der Waals surface area contributed by atoms with Crippen LogP contribution in [-0.2, 0) is 17.4 Å². The van der Waals surface area contributed by atoms with Crippen LogP contribution in [0.3, 0.4) is 0 Å². The predicted octanol–water partition coefficient (Wildman–Crippen LogP) is 7.21. The van der Waals surface area contributed by atoms with Crippen LogP contribution in [0.1, 0.15) is 92.4 Å². The Balaban J connectivity index is 1.67. The van der Waals surface area contributed by atoms with E-state index >= 15 is 0 Å². The average molecular weight is 415 g/mol. The summed E-state index contributed by atoms with van der Waals surface area (Å²) < 4.78 is 39.8. The number of hydrogen-bond donors (Lipinski definition) is 0. The van der Waals surface area contributed by atoms with Gasteiger partial charge in [-0.15, -0.1) is 0 Å². The van der Waals surface area contributed by atoms with Crippen LogP contribution >= 0.6 is 0 Å². The molecule has 0 N–H and O–H groups in total. The molecule has 5 heteroatoms. The van der Waals surface area contributed by atoms with Gasteiger partial charge < -0.3 is 0 Å². The molecule has 4 rings (SSSR count). The van der Waals surface area contributed by atoms with Crippen LogP contribution in [0.15, 0.2) is 30.6 Å². The number of Topliss-reactive ketones (excluding diaryl/α,β-unsaturated/α-hetero) is 1. The number of hydrogen-bond acceptors (Lipinski definition) is 2. The van der Waals surface area contributed by atoms with Crippen LogP contribution in [0, 0.1) is 0 Å². The molecular formula is C25H28F3NO. The standard InChI is InChI=1S/C25H28F3NO/c1-2-19(30)7-3-5-16-6-4-8-20-23(16)14-29-15-24(20)21-12-11-18(25(26,27)28)13-22(21)17-9-10-17/h11-17H,2-10H2,1H3/t16-/m1/s1. The molecule has 1 atom stereocenters. The van der Waals surface area contributed by atoms with Gasteiger partial charge in [-0.2, -0.15) is 13.2 Å². The number of nitrogens with zero attached hydrogens (tertiary/aromatic N) is 1. The fraction of sp³-hybridized carbons (Fsp3) is 0.520. The van der Waals surface area contributed by atoms with Crippen molar-refractivity contribution in [2.75, 3.05) is 0 Å². The number of carbonyl (C=O) groups is 1. The number of ketones is 1. The third kappa shape index (κ3) is 4.45. The number of aromatic nitrogens is 1. The van der Waals surface area contributed by atoms with Crippen molar-refractivity contribution in [3.63, 3.8) is 0 Å². The van der Waals surface area contributed by atoms with Crippen LogP contribution in [0.5, 0.6) is 0 Å². The number of alkyl halides is 3. The molecule has 30 heavy (non-hydrogen) atoms. The lowest BCUT2D eigenvalue weighted by atomic mass is 9.78. The number of pyridine rings is 1. The maximum Gasteiger partial charge on any atom is 0.416 e. The van der Waals surface area contributed by atoms with Gasteiger partial charge >= 0.3 is 6.18 Å². The van der Waals surface area contributed by atoms with Crippen molar-refractivity contribution in [3.8, 4) is 11.1 Å². The quantitative estimate of drug-likeness (QED) is 0.478. The van der Waals surface area contributed by atoms with Crippen molar-refractivity contribution in [1.82, 2.24) is 4.98 Å². The fourth-order valence-corrected chi connectivity index (χ4v) is 4.79. The van der Waals surface area contributed by atoms with E-state index in [1.165, 1.54) is 23.3 Å². The Morgan fingerprint density at radius 3 is 2.60 bits per heavy atom. The van der Waals surface area contributed by atoms with Gasteiger partial charge in [0.2, 0.25) is 0 Å². The Bertz CT molecular complexity index is 930. The molecule has 160 valence electrons. The van der Waals surface area contributed by atoms with Crippen LogP contribution in [-0.4, -0.2) is 10.8 Å². The summed E-state index contributed by atoms with van der Waals surface area (Å²) in [6, 6.07) is 4.21. The molecule has 0 spiro atoms. The van der Waals surface area contributed by atoms with Gasteiger partial charge in [-0.25, -0.2) is 0 Å². The maximum absolute atomic E-state index is 13.3. The first-order chi connectivity index (χ1) is 14.4. The van der Waals surface area contributed by atoms with Crippen molar-refractivity contribution < 1.29 is 18.0 Å². The first-order valence-electron chi connectivity index (χ1n) is 11.1. The van der Waals surface area contributed by atoms with E-state index in [4.69, 9.17) is 0 Å². The third-order valence-electron chi connectivity index (χ3n) is 6.60. The summed E-state index contributed by atoms with van der Waals surface area (Å²) in [4.78, 5) is 16.1. The molecule has 1 saturated carbocycles. The zero-order chi connectivity index (χ0) is 21.3. The Hall–Kier alpha value is -2.17. The van der Waals surface area contributed by atoms with Crippen molar-refractivity contribution >= 4 is 5.78 Å². The van der Waals surface area contributed by atoms with Crippen molar-refractivity contribution in [3.05, 3.63) is 52.8 Å². The van der Waals surface area contributed by atoms with Crippen molar-refractivity contribution in [2.24, 2.45) is 0 Å². The van der Waals surface area contributed by atoms with E-state index in [1.54, 1.807) is 6.07 Å². The van der Waals surface area contributed by atoms with Gasteiger partial charge in [0.05, 0.1) is 5.56 Å². The molecule has 1 aromatic carbocycles. The Morgan fingerprint density at radius 1 is 1.10 bits per heavy atom. The van der Waals surface area contributed by atoms with Gasteiger partial charge in [0.25, 0.3) is 0 Å². The van der Waals surface area contributed by atoms with Crippen LogP contribution < -0.4 is 0 Å². The Labute approximate surface area is 175 Å². The SMILES string of the molecule is CCC(=O)CCC[C@@H]1CCCc2c(-c3ccc(C(F)(F)F)cc3C3CC3)cncc21. The topological polar surface area (TPSA) is 30.0 Å². The average Bonchev–Trinajstić information content (AvgIpc) is 3.57. The Morgan fingerprint density at radius 2 is 1.90 bits per heavy atom. The molecule has 0 unspecified atom stereocenters. The van der Waals surface area contributed by atoms with E-state index < -0.39 is 11.7 Å². The molecule has 1 heterocycles. The summed E-state index contributed by atoms with van der Waals surface area (Å²) in [5, 5.41) is 0. The van der Waals surface area contributed by atoms with Gasteiger partial charge in [-0.3, -0.25) is 9.78 Å². The van der Waals surface area contributed by atoms with Gasteiger partial charge in [0.15, 0.2) is 0 Å². The van der Waals surface area contributed by atoms with Crippen LogP contribution in [0.25, 0.3) is 11.1 Å². The molecular weight excluding hydrogens is 387 g/mol. The summed E-state index contributed by atoms with van der Waals surface area (Å²) in [6.45, 7) is 1.90. The second-order valence-electron chi connectivity index (χ2n) is 8.70. The zero-order valence-electron chi connectivity index (χ0n) is 17.4. The molecule has 0 bridgehead atoms. The summed E-state index contributed by atoms with van der Waals surface area (Å²) in [6.07, 6.45) is 7.49. The van der Waals surface area contributed by atoms with E-state index in [9.17, 15) is 18.0 Å². The van der Waals surface area contributed by atoms with Crippen LogP contribution in [0.4, 0.5) is 13.2 Å². The summed E-state index contributed by atoms with van der Waals surface area (Å²) in [5.74, 6) is 0.902. The minimum Gasteiger partial charge on any atom is -0.300 e. The molecule has 1 aromatic heterocycles. The largest absolute Gasteiger partial charge is 0.416 e. The zero-order valence-corrected chi connectivity index (χ0v) is 17.4. The van der Waals surface area contributed by atoms with E-state index in [-0.39, 0.29) is 5.92 Å². The lowest BCUT2D eigenvalue weighted by Gasteiger charge is -2.28. The van der Waals surface area contributed by atoms with Crippen molar-refractivity contribution in [2.45, 2.75) is 82.7 Å². The minimum atomic E-state index is -4.32. The minimum absolute atomic E-state index is 0.220. The van der Waals surface area contributed by atoms with Gasteiger partial charge in [0, 0.05) is 30.8 Å². The summed E-state index contributed by atoms with van der Waals surface area (Å²) in [7, 11) is 0. The molecule has 2 aliphatic carbocycles. The fourth-order valence-electron chi connectivity index (χ4n) is 4.79. The molecule has 0 radical (unpaired) electrons. The molecule has 0 amide bonds. The van der Waals surface area contributed by atoms with Crippen LogP contribution in [0.2, 0.25) is 0 Å². The smallest absolute Gasteiger partial charge is 0.300 e. The number of carbonyl (C=O) groups excluding carboxylic acids is 1. The van der Waals surface area contributed by atoms with Crippen molar-refractivity contribution in [1.29, 1.82) is 0 Å². The lowest BCUT2D eigenvalue weighted by Crippen LogP contribution is -2.13. The normalized spacial score (nSPS) is 18.9. The highest BCUT2D eigenvalue weighted by atomic mass is 19.4. The maximum atomic E-state index is 13.3. The lowest BCUT2D eigenvalue weighted by molar-refractivity contribution is -0.137. The third-order valence-corrected chi connectivity index (χ3v) is 6.60. The summed E-state index contributed by atoms with van der Waals surface area (Å²) >= 11 is 0. The number of rotatable bonds is 7. The number of benzene rings is 1. The molecule has 2 nitrogen and oxygen atoms in total. The highest BCUT2D eigenvalue weighted by Crippen LogP contribution is 2.48. The Kier molecular flexibility index (Phi) is 5.99. The molecule has 1 fully saturated rings. The first kappa shape index (κ1) is 21.1. The van der Waals surface area contributed by atoms with E-state index in [0.717, 1.165) is 61.6 Å². The molecule has 0 saturated heterocycles. The molecule has 2 aliphatic rings. The number of fused-ring (bicyclic) bond motifs is 1. The highest BCUT2D eigenvalue weighted by molar-refractivity contribution is 5.78. The molecule has 0 aliphatic heterocycles. The first-order valence-corrected chi connectivity index (χ1v) is 11.1. The second-order valence-corrected chi connectivity index (χ2v) is 8.70. The summed E-state index contributed by atoms with van der Waals surface area (Å²) in [5.41, 5.74) is 4.63.